The van der Waals surface area contributed by atoms with Crippen LogP contribution < -0.4 is 0 Å². The van der Waals surface area contributed by atoms with E-state index in [4.69, 9.17) is 0 Å². The van der Waals surface area contributed by atoms with Crippen LogP contribution in [-0.2, 0) is 0 Å². The summed E-state index contributed by atoms with van der Waals surface area (Å²) in [6.07, 6.45) is 3.29. The number of hydrogen-bond acceptors (Lipinski definition) is 2. The number of nitrogens with one attached hydrogen (secondary N) is 1. The Morgan fingerprint density at radius 2 is 2.00 bits per heavy atom. The van der Waals surface area contributed by atoms with Crippen LogP contribution in [0.5, 0.6) is 0 Å². The topological polar surface area (TPSA) is 32.9 Å². The molecule has 1 N–H and O–H groups in total. The maximum absolute atomic E-state index is 12.7. The van der Waals surface area contributed by atoms with Crippen molar-refractivity contribution in [3.8, 4) is 0 Å². The molecule has 1 aromatic carbocycles. The molecule has 0 aliphatic carbocycles. The Morgan fingerprint density at radius 3 is 2.65 bits per heavy atom. The van der Waals surface area contributed by atoms with Crippen LogP contribution >= 0.6 is 11.8 Å². The Labute approximate surface area is 103 Å². The minimum atomic E-state index is -0.341. The third-order valence-corrected chi connectivity index (χ3v) is 2.89. The zero-order valence-electron chi connectivity index (χ0n) is 8.89. The van der Waals surface area contributed by atoms with Gasteiger partial charge in [0.25, 0.3) is 0 Å². The highest BCUT2D eigenvalue weighted by Crippen LogP contribution is 2.16. The summed E-state index contributed by atoms with van der Waals surface area (Å²) in [5.41, 5.74) is 0.481. The van der Waals surface area contributed by atoms with Gasteiger partial charge < -0.3 is 4.98 Å². The average molecular weight is 247 g/mol. The van der Waals surface area contributed by atoms with Crippen LogP contribution in [0.4, 0.5) is 4.39 Å². The number of hydrogen-bond donors (Lipinski definition) is 1. The second-order valence-corrected chi connectivity index (χ2v) is 4.27. The third kappa shape index (κ3) is 3.32. The quantitative estimate of drug-likeness (QED) is 0.508. The molecular formula is C13H10FNOS. The van der Waals surface area contributed by atoms with Crippen molar-refractivity contribution in [2.45, 2.75) is 5.03 Å². The standard InChI is InChI=1S/C13H10FNOS/c14-11-5-3-10(4-6-11)12(16)7-9-17-13-2-1-8-15-13/h1-9,15H/b9-7+. The van der Waals surface area contributed by atoms with Gasteiger partial charge in [-0.05, 0) is 47.9 Å². The number of halogens is 1. The molecule has 0 fully saturated rings. The molecule has 4 heteroatoms. The maximum Gasteiger partial charge on any atom is 0.186 e. The monoisotopic (exact) mass is 247 g/mol. The van der Waals surface area contributed by atoms with Crippen molar-refractivity contribution < 1.29 is 9.18 Å². The van der Waals surface area contributed by atoms with Crippen molar-refractivity contribution >= 4 is 17.5 Å². The predicted octanol–water partition coefficient (Wildman–Crippen LogP) is 3.64. The number of H-pyrrole nitrogens is 1. The molecule has 0 aliphatic rings. The molecule has 0 bridgehead atoms. The summed E-state index contributed by atoms with van der Waals surface area (Å²) < 4.78 is 12.7. The summed E-state index contributed by atoms with van der Waals surface area (Å²) in [5.74, 6) is -0.477. The van der Waals surface area contributed by atoms with E-state index in [0.29, 0.717) is 5.56 Å². The molecule has 0 saturated carbocycles. The Morgan fingerprint density at radius 1 is 1.24 bits per heavy atom. The van der Waals surface area contributed by atoms with E-state index in [1.165, 1.54) is 42.1 Å². The molecule has 0 radical (unpaired) electrons. The second kappa shape index (κ2) is 5.50. The van der Waals surface area contributed by atoms with E-state index >= 15 is 0 Å². The summed E-state index contributed by atoms with van der Waals surface area (Å²) in [6, 6.07) is 9.30. The molecular weight excluding hydrogens is 237 g/mol. The first-order valence-electron chi connectivity index (χ1n) is 5.02. The van der Waals surface area contributed by atoms with Gasteiger partial charge in [0, 0.05) is 11.8 Å². The highest BCUT2D eigenvalue weighted by molar-refractivity contribution is 8.02. The second-order valence-electron chi connectivity index (χ2n) is 3.33. The van der Waals surface area contributed by atoms with Crippen molar-refractivity contribution in [1.29, 1.82) is 0 Å². The van der Waals surface area contributed by atoms with Gasteiger partial charge in [-0.3, -0.25) is 4.79 Å². The molecule has 0 amide bonds. The molecule has 0 aliphatic heterocycles. The lowest BCUT2D eigenvalue weighted by Crippen LogP contribution is -1.93. The van der Waals surface area contributed by atoms with Crippen LogP contribution in [0, 0.1) is 5.82 Å². The van der Waals surface area contributed by atoms with E-state index < -0.39 is 0 Å². The van der Waals surface area contributed by atoms with Gasteiger partial charge >= 0.3 is 0 Å². The van der Waals surface area contributed by atoms with Gasteiger partial charge in [-0.2, -0.15) is 0 Å². The van der Waals surface area contributed by atoms with Gasteiger partial charge in [0.05, 0.1) is 5.03 Å². The van der Waals surface area contributed by atoms with E-state index in [1.54, 1.807) is 5.41 Å². The number of aromatic amines is 1. The molecule has 1 heterocycles. The molecule has 1 aromatic heterocycles. The number of aromatic nitrogens is 1. The number of carbonyl (C=O) groups is 1. The normalized spacial score (nSPS) is 10.9. The largest absolute Gasteiger partial charge is 0.356 e. The van der Waals surface area contributed by atoms with Gasteiger partial charge in [0.15, 0.2) is 5.78 Å². The van der Waals surface area contributed by atoms with E-state index in [1.807, 2.05) is 18.3 Å². The van der Waals surface area contributed by atoms with E-state index in [-0.39, 0.29) is 11.6 Å². The molecule has 0 spiro atoms. The highest BCUT2D eigenvalue weighted by Gasteiger charge is 2.01. The zero-order chi connectivity index (χ0) is 12.1. The lowest BCUT2D eigenvalue weighted by atomic mass is 10.1. The molecule has 0 atom stereocenters. The molecule has 2 rings (SSSR count). The van der Waals surface area contributed by atoms with Crippen molar-refractivity contribution in [2.24, 2.45) is 0 Å². The Kier molecular flexibility index (Phi) is 3.77. The fourth-order valence-electron chi connectivity index (χ4n) is 1.27. The number of allylic oxidation sites excluding steroid dienone is 1. The highest BCUT2D eigenvalue weighted by atomic mass is 32.2. The number of benzene rings is 1. The first-order valence-corrected chi connectivity index (χ1v) is 5.90. The van der Waals surface area contributed by atoms with E-state index in [0.717, 1.165) is 5.03 Å². The van der Waals surface area contributed by atoms with Gasteiger partial charge in [-0.25, -0.2) is 4.39 Å². The first kappa shape index (κ1) is 11.7. The van der Waals surface area contributed by atoms with Crippen molar-refractivity contribution in [3.63, 3.8) is 0 Å². The summed E-state index contributed by atoms with van der Waals surface area (Å²) in [4.78, 5) is 14.7. The Bertz CT molecular complexity index is 517. The number of carbonyl (C=O) groups excluding carboxylic acids is 1. The van der Waals surface area contributed by atoms with Gasteiger partial charge in [-0.15, -0.1) is 0 Å². The molecule has 0 unspecified atom stereocenters. The molecule has 2 nitrogen and oxygen atoms in total. The summed E-state index contributed by atoms with van der Waals surface area (Å²) in [7, 11) is 0. The molecule has 2 aromatic rings. The Balaban J connectivity index is 1.97. The number of ketones is 1. The van der Waals surface area contributed by atoms with E-state index in [9.17, 15) is 9.18 Å². The van der Waals surface area contributed by atoms with Crippen molar-refractivity contribution in [2.75, 3.05) is 0 Å². The lowest BCUT2D eigenvalue weighted by molar-refractivity contribution is 0.104. The zero-order valence-corrected chi connectivity index (χ0v) is 9.71. The maximum atomic E-state index is 12.7. The molecule has 0 saturated heterocycles. The third-order valence-electron chi connectivity index (χ3n) is 2.11. The first-order chi connectivity index (χ1) is 8.25. The van der Waals surface area contributed by atoms with E-state index in [2.05, 4.69) is 4.98 Å². The summed E-state index contributed by atoms with van der Waals surface area (Å²) >= 11 is 1.42. The van der Waals surface area contributed by atoms with Crippen LogP contribution in [0.25, 0.3) is 0 Å². The van der Waals surface area contributed by atoms with Crippen molar-refractivity contribution in [3.05, 3.63) is 65.5 Å². The van der Waals surface area contributed by atoms with Crippen LogP contribution in [-0.4, -0.2) is 10.8 Å². The fraction of sp³-hybridized carbons (Fsp3) is 0. The molecule has 86 valence electrons. The predicted molar refractivity (Wildman–Crippen MR) is 66.5 cm³/mol. The van der Waals surface area contributed by atoms with Crippen LogP contribution in [0.3, 0.4) is 0 Å². The fourth-order valence-corrected chi connectivity index (χ4v) is 1.90. The summed E-state index contributed by atoms with van der Waals surface area (Å²) in [6.45, 7) is 0. The number of thioether (sulfide) groups is 1. The SMILES string of the molecule is O=C(/C=C/Sc1ccc[nH]1)c1ccc(F)cc1. The van der Waals surface area contributed by atoms with Gasteiger partial charge in [0.1, 0.15) is 5.82 Å². The van der Waals surface area contributed by atoms with Gasteiger partial charge in [-0.1, -0.05) is 11.8 Å². The summed E-state index contributed by atoms with van der Waals surface area (Å²) in [5, 5.41) is 2.67. The average Bonchev–Trinajstić information content (AvgIpc) is 2.83. The lowest BCUT2D eigenvalue weighted by Gasteiger charge is -1.94. The van der Waals surface area contributed by atoms with Crippen LogP contribution in [0.1, 0.15) is 10.4 Å². The van der Waals surface area contributed by atoms with Gasteiger partial charge in [0.2, 0.25) is 0 Å². The smallest absolute Gasteiger partial charge is 0.186 e. The minimum absolute atomic E-state index is 0.135. The minimum Gasteiger partial charge on any atom is -0.356 e. The molecule has 17 heavy (non-hydrogen) atoms. The Hall–Kier alpha value is -1.81. The van der Waals surface area contributed by atoms with Crippen LogP contribution in [0.2, 0.25) is 0 Å². The van der Waals surface area contributed by atoms with Crippen molar-refractivity contribution in [1.82, 2.24) is 4.98 Å². The van der Waals surface area contributed by atoms with Crippen LogP contribution in [0.15, 0.2) is 59.1 Å². The number of rotatable bonds is 4.